The standard InChI is InChI=1S/C31H29ClFN7O3/c1-2-7-23-17-28(31(43)34-22(16-29(41)42)14-20-8-3-6-11-26(20)32)37-40(23)18-21-13-12-19(15-27(21)33)24-9-4-5-10-25(24)30-35-38-39-36-30/h3-6,8-13,15,17,22H,2,7,14,16,18H2,1H3,(H,34,43)(H,41,42)(H,35,36,38,39)/t22-/m1/s1. The number of carboxylic acid groups (broad SMARTS) is 1. The summed E-state index contributed by atoms with van der Waals surface area (Å²) in [6.45, 7) is 2.11. The van der Waals surface area contributed by atoms with E-state index in [9.17, 15) is 14.7 Å². The Hall–Kier alpha value is -4.90. The van der Waals surface area contributed by atoms with Gasteiger partial charge < -0.3 is 10.4 Å². The number of carbonyl (C=O) groups is 2. The topological polar surface area (TPSA) is 139 Å². The number of benzene rings is 3. The number of halogens is 2. The van der Waals surface area contributed by atoms with Gasteiger partial charge in [0.05, 0.1) is 13.0 Å². The third-order valence-corrected chi connectivity index (χ3v) is 7.36. The molecule has 1 atom stereocenters. The van der Waals surface area contributed by atoms with Crippen LogP contribution < -0.4 is 5.32 Å². The van der Waals surface area contributed by atoms with Gasteiger partial charge in [-0.3, -0.25) is 14.3 Å². The Bertz CT molecular complexity index is 1740. The zero-order valence-electron chi connectivity index (χ0n) is 23.3. The Morgan fingerprint density at radius 2 is 1.81 bits per heavy atom. The molecule has 0 aliphatic heterocycles. The maximum atomic E-state index is 15.5. The van der Waals surface area contributed by atoms with Crippen LogP contribution in [0.1, 0.15) is 47.1 Å². The highest BCUT2D eigenvalue weighted by atomic mass is 35.5. The second-order valence-corrected chi connectivity index (χ2v) is 10.5. The van der Waals surface area contributed by atoms with Crippen LogP contribution in [0, 0.1) is 5.82 Å². The third kappa shape index (κ3) is 7.12. The van der Waals surface area contributed by atoms with Gasteiger partial charge in [-0.2, -0.15) is 5.10 Å². The summed E-state index contributed by atoms with van der Waals surface area (Å²) in [5.41, 5.74) is 4.19. The number of aromatic nitrogens is 6. The molecule has 43 heavy (non-hydrogen) atoms. The first-order valence-corrected chi connectivity index (χ1v) is 14.1. The van der Waals surface area contributed by atoms with Crippen LogP contribution >= 0.6 is 11.6 Å². The number of aryl methyl sites for hydroxylation is 1. The Morgan fingerprint density at radius 1 is 1.05 bits per heavy atom. The third-order valence-electron chi connectivity index (χ3n) is 6.99. The number of carbonyl (C=O) groups excluding carboxylic acids is 1. The molecule has 5 rings (SSSR count). The van der Waals surface area contributed by atoms with E-state index in [4.69, 9.17) is 11.6 Å². The van der Waals surface area contributed by atoms with E-state index in [-0.39, 0.29) is 25.1 Å². The van der Waals surface area contributed by atoms with Crippen molar-refractivity contribution >= 4 is 23.5 Å². The molecule has 2 aromatic heterocycles. The molecule has 0 saturated carbocycles. The van der Waals surface area contributed by atoms with E-state index < -0.39 is 23.7 Å². The van der Waals surface area contributed by atoms with Crippen LogP contribution in [-0.2, 0) is 24.2 Å². The minimum Gasteiger partial charge on any atom is -0.481 e. The lowest BCUT2D eigenvalue weighted by atomic mass is 9.98. The Kier molecular flexibility index (Phi) is 9.21. The molecule has 3 N–H and O–H groups in total. The Labute approximate surface area is 251 Å². The predicted octanol–water partition coefficient (Wildman–Crippen LogP) is 5.34. The number of rotatable bonds is 12. The molecule has 0 aliphatic carbocycles. The number of tetrazole rings is 1. The molecule has 1 amide bonds. The highest BCUT2D eigenvalue weighted by molar-refractivity contribution is 6.31. The fraction of sp³-hybridized carbons (Fsp3) is 0.226. The molecule has 0 saturated heterocycles. The van der Waals surface area contributed by atoms with E-state index in [2.05, 4.69) is 31.0 Å². The molecule has 0 bridgehead atoms. The quantitative estimate of drug-likeness (QED) is 0.175. The van der Waals surface area contributed by atoms with E-state index in [0.29, 0.717) is 28.4 Å². The molecule has 2 heterocycles. The highest BCUT2D eigenvalue weighted by Crippen LogP contribution is 2.31. The van der Waals surface area contributed by atoms with Crippen LogP contribution in [0.4, 0.5) is 4.39 Å². The molecule has 3 aromatic carbocycles. The summed E-state index contributed by atoms with van der Waals surface area (Å²) in [7, 11) is 0. The molecule has 0 aliphatic rings. The van der Waals surface area contributed by atoms with Crippen molar-refractivity contribution in [1.29, 1.82) is 0 Å². The maximum Gasteiger partial charge on any atom is 0.305 e. The van der Waals surface area contributed by atoms with Gasteiger partial charge in [0.15, 0.2) is 5.82 Å². The van der Waals surface area contributed by atoms with Gasteiger partial charge in [0.2, 0.25) is 0 Å². The molecular weight excluding hydrogens is 573 g/mol. The van der Waals surface area contributed by atoms with Crippen LogP contribution in [0.5, 0.6) is 0 Å². The lowest BCUT2D eigenvalue weighted by molar-refractivity contribution is -0.137. The molecule has 0 radical (unpaired) electrons. The number of H-pyrrole nitrogens is 1. The maximum absolute atomic E-state index is 15.5. The Morgan fingerprint density at radius 3 is 2.51 bits per heavy atom. The SMILES string of the molecule is CCCc1cc(C(=O)N[C@@H](CC(=O)O)Cc2ccccc2Cl)nn1Cc1ccc(-c2ccccc2-c2nnn[nH]2)cc1F. The van der Waals surface area contributed by atoms with Crippen molar-refractivity contribution < 1.29 is 19.1 Å². The lowest BCUT2D eigenvalue weighted by Crippen LogP contribution is -2.38. The van der Waals surface area contributed by atoms with Crippen molar-refractivity contribution in [2.45, 2.75) is 45.2 Å². The number of aliphatic carboxylic acids is 1. The molecule has 0 unspecified atom stereocenters. The lowest BCUT2D eigenvalue weighted by Gasteiger charge is -2.17. The number of hydrogen-bond acceptors (Lipinski definition) is 6. The fourth-order valence-corrected chi connectivity index (χ4v) is 5.17. The van der Waals surface area contributed by atoms with Crippen LogP contribution in [0.3, 0.4) is 0 Å². The molecule has 0 fully saturated rings. The number of amides is 1. The number of hydrogen-bond donors (Lipinski definition) is 3. The fourth-order valence-electron chi connectivity index (χ4n) is 4.95. The minimum absolute atomic E-state index is 0.112. The van der Waals surface area contributed by atoms with Crippen molar-refractivity contribution in [3.05, 3.63) is 106 Å². The largest absolute Gasteiger partial charge is 0.481 e. The van der Waals surface area contributed by atoms with Crippen LogP contribution in [0.2, 0.25) is 5.02 Å². The highest BCUT2D eigenvalue weighted by Gasteiger charge is 2.22. The van der Waals surface area contributed by atoms with E-state index in [1.54, 1.807) is 41.1 Å². The minimum atomic E-state index is -1.05. The van der Waals surface area contributed by atoms with Crippen LogP contribution in [0.15, 0.2) is 72.8 Å². The molecule has 5 aromatic rings. The second-order valence-electron chi connectivity index (χ2n) is 10.1. The van der Waals surface area contributed by atoms with Gasteiger partial charge in [-0.05, 0) is 58.2 Å². The van der Waals surface area contributed by atoms with Crippen molar-refractivity contribution in [1.82, 2.24) is 35.7 Å². The Balaban J connectivity index is 1.36. The first-order valence-electron chi connectivity index (χ1n) is 13.8. The zero-order chi connectivity index (χ0) is 30.3. The van der Waals surface area contributed by atoms with E-state index in [1.165, 1.54) is 6.07 Å². The predicted molar refractivity (Wildman–Crippen MR) is 159 cm³/mol. The van der Waals surface area contributed by atoms with Gasteiger partial charge in [0.1, 0.15) is 11.5 Å². The molecule has 220 valence electrons. The van der Waals surface area contributed by atoms with Crippen molar-refractivity contribution in [2.75, 3.05) is 0 Å². The van der Waals surface area contributed by atoms with Crippen LogP contribution in [0.25, 0.3) is 22.5 Å². The average Bonchev–Trinajstić information content (AvgIpc) is 3.66. The summed E-state index contributed by atoms with van der Waals surface area (Å²) in [5, 5.41) is 31.2. The summed E-state index contributed by atoms with van der Waals surface area (Å²) >= 11 is 6.27. The smallest absolute Gasteiger partial charge is 0.305 e. The van der Waals surface area contributed by atoms with E-state index in [0.717, 1.165) is 28.8 Å². The number of carboxylic acids is 1. The molecule has 12 heteroatoms. The summed E-state index contributed by atoms with van der Waals surface area (Å²) in [5.74, 6) is -1.50. The van der Waals surface area contributed by atoms with Gasteiger partial charge >= 0.3 is 5.97 Å². The van der Waals surface area contributed by atoms with Crippen molar-refractivity contribution in [2.24, 2.45) is 0 Å². The molecule has 10 nitrogen and oxygen atoms in total. The summed E-state index contributed by atoms with van der Waals surface area (Å²) in [6.07, 6.45) is 1.37. The number of nitrogens with one attached hydrogen (secondary N) is 2. The molecule has 0 spiro atoms. The number of nitrogens with zero attached hydrogens (tertiary/aromatic N) is 5. The van der Waals surface area contributed by atoms with Crippen molar-refractivity contribution in [3.8, 4) is 22.5 Å². The van der Waals surface area contributed by atoms with E-state index >= 15 is 4.39 Å². The zero-order valence-corrected chi connectivity index (χ0v) is 24.1. The first kappa shape index (κ1) is 29.6. The van der Waals surface area contributed by atoms with Gasteiger partial charge in [0.25, 0.3) is 5.91 Å². The summed E-state index contributed by atoms with van der Waals surface area (Å²) < 4.78 is 17.1. The normalized spacial score (nSPS) is 11.8. The average molecular weight is 602 g/mol. The van der Waals surface area contributed by atoms with Crippen molar-refractivity contribution in [3.63, 3.8) is 0 Å². The van der Waals surface area contributed by atoms with Gasteiger partial charge in [-0.25, -0.2) is 9.49 Å². The van der Waals surface area contributed by atoms with Gasteiger partial charge in [0, 0.05) is 27.9 Å². The van der Waals surface area contributed by atoms with E-state index in [1.807, 2.05) is 37.3 Å². The van der Waals surface area contributed by atoms with Gasteiger partial charge in [-0.15, -0.1) is 5.10 Å². The summed E-state index contributed by atoms with van der Waals surface area (Å²) in [6, 6.07) is 20.5. The van der Waals surface area contributed by atoms with Crippen LogP contribution in [-0.4, -0.2) is 53.4 Å². The van der Waals surface area contributed by atoms with Gasteiger partial charge in [-0.1, -0.05) is 79.5 Å². The number of aromatic amines is 1. The monoisotopic (exact) mass is 601 g/mol. The molecular formula is C31H29ClFN7O3. The first-order chi connectivity index (χ1) is 20.8. The second kappa shape index (κ2) is 13.4. The summed E-state index contributed by atoms with van der Waals surface area (Å²) in [4.78, 5) is 24.8.